The van der Waals surface area contributed by atoms with Crippen LogP contribution in [0, 0.1) is 20.8 Å². The monoisotopic (exact) mass is 302 g/mol. The van der Waals surface area contributed by atoms with Crippen LogP contribution in [-0.4, -0.2) is 7.11 Å². The minimum atomic E-state index is 0.0627. The molecule has 0 N–H and O–H groups in total. The zero-order chi connectivity index (χ0) is 15.4. The molecule has 0 fully saturated rings. The van der Waals surface area contributed by atoms with Gasteiger partial charge in [-0.15, -0.1) is 11.6 Å². The number of rotatable bonds is 5. The second-order valence-electron chi connectivity index (χ2n) is 5.67. The van der Waals surface area contributed by atoms with Gasteiger partial charge in [0.15, 0.2) is 0 Å². The molecule has 0 saturated heterocycles. The molecule has 0 aliphatic carbocycles. The van der Waals surface area contributed by atoms with Crippen molar-refractivity contribution in [2.45, 2.75) is 39.0 Å². The Morgan fingerprint density at radius 1 is 1.00 bits per heavy atom. The van der Waals surface area contributed by atoms with Gasteiger partial charge in [-0.05, 0) is 68.0 Å². The van der Waals surface area contributed by atoms with Crippen LogP contribution in [0.4, 0.5) is 0 Å². The van der Waals surface area contributed by atoms with E-state index in [-0.39, 0.29) is 5.38 Å². The molecule has 0 spiro atoms. The first-order valence-electron chi connectivity index (χ1n) is 7.36. The highest BCUT2D eigenvalue weighted by Crippen LogP contribution is 2.32. The van der Waals surface area contributed by atoms with Crippen LogP contribution < -0.4 is 4.74 Å². The van der Waals surface area contributed by atoms with E-state index in [0.717, 1.165) is 18.6 Å². The van der Waals surface area contributed by atoms with Gasteiger partial charge in [0.2, 0.25) is 0 Å². The summed E-state index contributed by atoms with van der Waals surface area (Å²) >= 11 is 6.65. The van der Waals surface area contributed by atoms with Crippen LogP contribution in [0.1, 0.15) is 39.6 Å². The largest absolute Gasteiger partial charge is 0.497 e. The number of methoxy groups -OCH3 is 1. The zero-order valence-corrected chi connectivity index (χ0v) is 14.0. The van der Waals surface area contributed by atoms with Crippen molar-refractivity contribution in [3.8, 4) is 5.75 Å². The molecule has 0 saturated carbocycles. The van der Waals surface area contributed by atoms with Gasteiger partial charge in [0.1, 0.15) is 5.75 Å². The number of benzene rings is 2. The SMILES string of the molecule is COc1ccc(CCC(Cl)c2c(C)cc(C)cc2C)cc1. The Balaban J connectivity index is 2.06. The summed E-state index contributed by atoms with van der Waals surface area (Å²) in [6, 6.07) is 12.6. The van der Waals surface area contributed by atoms with Crippen molar-refractivity contribution < 1.29 is 4.74 Å². The zero-order valence-electron chi connectivity index (χ0n) is 13.2. The van der Waals surface area contributed by atoms with Gasteiger partial charge >= 0.3 is 0 Å². The van der Waals surface area contributed by atoms with Crippen molar-refractivity contribution in [1.82, 2.24) is 0 Å². The first-order chi connectivity index (χ1) is 10.0. The van der Waals surface area contributed by atoms with Gasteiger partial charge in [-0.3, -0.25) is 0 Å². The summed E-state index contributed by atoms with van der Waals surface area (Å²) in [7, 11) is 1.69. The molecule has 2 rings (SSSR count). The molecule has 2 aromatic carbocycles. The van der Waals surface area contributed by atoms with Crippen LogP contribution in [0.15, 0.2) is 36.4 Å². The summed E-state index contributed by atoms with van der Waals surface area (Å²) in [5.74, 6) is 0.895. The van der Waals surface area contributed by atoms with Crippen LogP contribution in [0.25, 0.3) is 0 Å². The van der Waals surface area contributed by atoms with E-state index in [0.29, 0.717) is 0 Å². The van der Waals surface area contributed by atoms with Crippen molar-refractivity contribution in [1.29, 1.82) is 0 Å². The van der Waals surface area contributed by atoms with Crippen molar-refractivity contribution in [2.75, 3.05) is 7.11 Å². The quantitative estimate of drug-likeness (QED) is 0.660. The lowest BCUT2D eigenvalue weighted by Crippen LogP contribution is -2.00. The molecular weight excluding hydrogens is 280 g/mol. The molecule has 0 aliphatic heterocycles. The fraction of sp³-hybridized carbons (Fsp3) is 0.368. The van der Waals surface area contributed by atoms with E-state index >= 15 is 0 Å². The number of ether oxygens (including phenoxy) is 1. The minimum absolute atomic E-state index is 0.0627. The molecule has 0 heterocycles. The molecular formula is C19H23ClO. The third kappa shape index (κ3) is 4.01. The lowest BCUT2D eigenvalue weighted by atomic mass is 9.94. The number of hydrogen-bond donors (Lipinski definition) is 0. The van der Waals surface area contributed by atoms with Crippen LogP contribution in [0.5, 0.6) is 5.75 Å². The first-order valence-corrected chi connectivity index (χ1v) is 7.79. The Hall–Kier alpha value is -1.47. The fourth-order valence-corrected chi connectivity index (χ4v) is 3.37. The highest BCUT2D eigenvalue weighted by molar-refractivity contribution is 6.21. The molecule has 0 bridgehead atoms. The fourth-order valence-electron chi connectivity index (χ4n) is 2.92. The topological polar surface area (TPSA) is 9.23 Å². The number of hydrogen-bond acceptors (Lipinski definition) is 1. The van der Waals surface area contributed by atoms with E-state index in [9.17, 15) is 0 Å². The Kier molecular flexibility index (Phi) is 5.30. The molecule has 1 nitrogen and oxygen atoms in total. The maximum absolute atomic E-state index is 6.65. The van der Waals surface area contributed by atoms with E-state index in [2.05, 4.69) is 45.0 Å². The predicted octanol–water partition coefficient (Wildman–Crippen LogP) is 5.53. The molecule has 2 heteroatoms. The van der Waals surface area contributed by atoms with Gasteiger partial charge in [0, 0.05) is 0 Å². The molecule has 21 heavy (non-hydrogen) atoms. The molecule has 112 valence electrons. The highest BCUT2D eigenvalue weighted by atomic mass is 35.5. The number of alkyl halides is 1. The summed E-state index contributed by atoms with van der Waals surface area (Å²) in [4.78, 5) is 0. The second kappa shape index (κ2) is 7.00. The van der Waals surface area contributed by atoms with Crippen LogP contribution in [0.2, 0.25) is 0 Å². The van der Waals surface area contributed by atoms with E-state index in [1.165, 1.54) is 27.8 Å². The third-order valence-corrected chi connectivity index (χ3v) is 4.33. The molecule has 1 atom stereocenters. The molecule has 0 aliphatic rings. The predicted molar refractivity (Wildman–Crippen MR) is 90.6 cm³/mol. The average Bonchev–Trinajstić information content (AvgIpc) is 2.44. The van der Waals surface area contributed by atoms with E-state index in [1.54, 1.807) is 7.11 Å². The summed E-state index contributed by atoms with van der Waals surface area (Å²) in [5, 5.41) is 0.0627. The number of aryl methyl sites for hydroxylation is 4. The average molecular weight is 303 g/mol. The van der Waals surface area contributed by atoms with Gasteiger partial charge in [-0.25, -0.2) is 0 Å². The van der Waals surface area contributed by atoms with Gasteiger partial charge in [0.05, 0.1) is 12.5 Å². The molecule has 0 radical (unpaired) electrons. The molecule has 2 aromatic rings. The summed E-state index contributed by atoms with van der Waals surface area (Å²) < 4.78 is 5.18. The Bertz CT molecular complexity index is 578. The molecule has 1 unspecified atom stereocenters. The van der Waals surface area contributed by atoms with Crippen LogP contribution >= 0.6 is 11.6 Å². The lowest BCUT2D eigenvalue weighted by molar-refractivity contribution is 0.414. The van der Waals surface area contributed by atoms with E-state index in [4.69, 9.17) is 16.3 Å². The van der Waals surface area contributed by atoms with Crippen molar-refractivity contribution in [3.63, 3.8) is 0 Å². The van der Waals surface area contributed by atoms with Gasteiger partial charge in [-0.1, -0.05) is 29.8 Å². The highest BCUT2D eigenvalue weighted by Gasteiger charge is 2.14. The first kappa shape index (κ1) is 15.9. The Labute approximate surface area is 132 Å². The van der Waals surface area contributed by atoms with Crippen LogP contribution in [-0.2, 0) is 6.42 Å². The molecule has 0 amide bonds. The van der Waals surface area contributed by atoms with Gasteiger partial charge in [0.25, 0.3) is 0 Å². The minimum Gasteiger partial charge on any atom is -0.497 e. The standard InChI is InChI=1S/C19H23ClO/c1-13-11-14(2)19(15(3)12-13)18(20)10-7-16-5-8-17(21-4)9-6-16/h5-6,8-9,11-12,18H,7,10H2,1-4H3. The van der Waals surface area contributed by atoms with E-state index < -0.39 is 0 Å². The smallest absolute Gasteiger partial charge is 0.118 e. The maximum Gasteiger partial charge on any atom is 0.118 e. The van der Waals surface area contributed by atoms with Crippen molar-refractivity contribution >= 4 is 11.6 Å². The maximum atomic E-state index is 6.65. The molecule has 0 aromatic heterocycles. The van der Waals surface area contributed by atoms with Crippen molar-refractivity contribution in [2.24, 2.45) is 0 Å². The summed E-state index contributed by atoms with van der Waals surface area (Å²) in [6.45, 7) is 6.43. The Morgan fingerprint density at radius 3 is 2.10 bits per heavy atom. The summed E-state index contributed by atoms with van der Waals surface area (Å²) in [5.41, 5.74) is 6.47. The van der Waals surface area contributed by atoms with Crippen molar-refractivity contribution in [3.05, 3.63) is 64.2 Å². The van der Waals surface area contributed by atoms with Gasteiger partial charge < -0.3 is 4.74 Å². The summed E-state index contributed by atoms with van der Waals surface area (Å²) in [6.07, 6.45) is 1.92. The third-order valence-electron chi connectivity index (χ3n) is 3.90. The Morgan fingerprint density at radius 2 is 1.57 bits per heavy atom. The van der Waals surface area contributed by atoms with E-state index in [1.807, 2.05) is 12.1 Å². The normalized spacial score (nSPS) is 12.2. The van der Waals surface area contributed by atoms with Gasteiger partial charge in [-0.2, -0.15) is 0 Å². The lowest BCUT2D eigenvalue weighted by Gasteiger charge is -2.17. The second-order valence-corrected chi connectivity index (χ2v) is 6.19. The van der Waals surface area contributed by atoms with Crippen LogP contribution in [0.3, 0.4) is 0 Å². The number of halogens is 1.